The number of anilines is 1. The Kier molecular flexibility index (Phi) is 3.41. The molecule has 0 bridgehead atoms. The van der Waals surface area contributed by atoms with Crippen LogP contribution in [0.5, 0.6) is 0 Å². The van der Waals surface area contributed by atoms with Crippen LogP contribution in [0.4, 0.5) is 6.01 Å². The van der Waals surface area contributed by atoms with Gasteiger partial charge in [0.1, 0.15) is 0 Å². The molecule has 7 nitrogen and oxygen atoms in total. The molecule has 0 radical (unpaired) electrons. The topological polar surface area (TPSA) is 120 Å². The number of nitrogens with two attached hydrogens (primary N) is 2. The monoisotopic (exact) mass is 199 g/mol. The van der Waals surface area contributed by atoms with Crippen LogP contribution < -0.4 is 16.8 Å². The lowest BCUT2D eigenvalue weighted by Crippen LogP contribution is -2.24. The SMILES string of the molecule is CC(CC(N)=O)Nc1nnc(CN)o1. The van der Waals surface area contributed by atoms with E-state index in [1.165, 1.54) is 0 Å². The maximum Gasteiger partial charge on any atom is 0.315 e. The first kappa shape index (κ1) is 10.5. The second kappa shape index (κ2) is 4.56. The van der Waals surface area contributed by atoms with Crippen molar-refractivity contribution in [1.82, 2.24) is 10.2 Å². The van der Waals surface area contributed by atoms with Gasteiger partial charge in [-0.3, -0.25) is 4.79 Å². The van der Waals surface area contributed by atoms with Gasteiger partial charge in [0.2, 0.25) is 11.8 Å². The van der Waals surface area contributed by atoms with Gasteiger partial charge in [-0.1, -0.05) is 5.10 Å². The summed E-state index contributed by atoms with van der Waals surface area (Å²) in [5.74, 6) is -0.0395. The molecule has 1 aromatic rings. The van der Waals surface area contributed by atoms with Gasteiger partial charge in [-0.2, -0.15) is 0 Å². The highest BCUT2D eigenvalue weighted by Gasteiger charge is 2.09. The Morgan fingerprint density at radius 2 is 2.36 bits per heavy atom. The summed E-state index contributed by atoms with van der Waals surface area (Å²) in [5.41, 5.74) is 10.3. The zero-order valence-corrected chi connectivity index (χ0v) is 7.86. The summed E-state index contributed by atoms with van der Waals surface area (Å²) in [7, 11) is 0. The van der Waals surface area contributed by atoms with E-state index in [0.717, 1.165) is 0 Å². The third-order valence-electron chi connectivity index (χ3n) is 1.52. The van der Waals surface area contributed by atoms with E-state index in [1.54, 1.807) is 6.92 Å². The minimum atomic E-state index is -0.386. The summed E-state index contributed by atoms with van der Waals surface area (Å²) in [5, 5.41) is 10.2. The first-order valence-electron chi connectivity index (χ1n) is 4.19. The molecule has 0 aliphatic rings. The van der Waals surface area contributed by atoms with Crippen LogP contribution in [0.2, 0.25) is 0 Å². The highest BCUT2D eigenvalue weighted by atomic mass is 16.4. The molecule has 5 N–H and O–H groups in total. The van der Waals surface area contributed by atoms with E-state index in [1.807, 2.05) is 0 Å². The van der Waals surface area contributed by atoms with Crippen molar-refractivity contribution >= 4 is 11.9 Å². The predicted molar refractivity (Wildman–Crippen MR) is 49.1 cm³/mol. The van der Waals surface area contributed by atoms with Gasteiger partial charge in [0.15, 0.2) is 0 Å². The lowest BCUT2D eigenvalue weighted by atomic mass is 10.2. The lowest BCUT2D eigenvalue weighted by molar-refractivity contribution is -0.118. The normalized spacial score (nSPS) is 12.4. The van der Waals surface area contributed by atoms with E-state index >= 15 is 0 Å². The van der Waals surface area contributed by atoms with Crippen LogP contribution in [0, 0.1) is 0 Å². The third kappa shape index (κ3) is 3.02. The minimum Gasteiger partial charge on any atom is -0.407 e. The number of hydrogen-bond acceptors (Lipinski definition) is 6. The standard InChI is InChI=1S/C7H13N5O2/c1-4(2-5(9)13)10-7-12-11-6(3-8)14-7/h4H,2-3,8H2,1H3,(H2,9,13)(H,10,12). The number of primary amides is 1. The number of carbonyl (C=O) groups is 1. The van der Waals surface area contributed by atoms with Crippen LogP contribution in [-0.2, 0) is 11.3 Å². The van der Waals surface area contributed by atoms with Crippen molar-refractivity contribution in [2.24, 2.45) is 11.5 Å². The highest BCUT2D eigenvalue weighted by Crippen LogP contribution is 2.07. The van der Waals surface area contributed by atoms with Gasteiger partial charge in [-0.05, 0) is 6.92 Å². The molecule has 0 saturated carbocycles. The fourth-order valence-electron chi connectivity index (χ4n) is 0.958. The van der Waals surface area contributed by atoms with Crippen LogP contribution in [0.15, 0.2) is 4.42 Å². The molecule has 1 rings (SSSR count). The Morgan fingerprint density at radius 3 is 2.86 bits per heavy atom. The zero-order chi connectivity index (χ0) is 10.6. The van der Waals surface area contributed by atoms with E-state index in [4.69, 9.17) is 15.9 Å². The molecule has 0 aliphatic carbocycles. The summed E-state index contributed by atoms with van der Waals surface area (Å²) >= 11 is 0. The van der Waals surface area contributed by atoms with Crippen molar-refractivity contribution in [2.75, 3.05) is 5.32 Å². The van der Waals surface area contributed by atoms with E-state index in [2.05, 4.69) is 15.5 Å². The molecule has 1 unspecified atom stereocenters. The van der Waals surface area contributed by atoms with Crippen molar-refractivity contribution in [3.05, 3.63) is 5.89 Å². The van der Waals surface area contributed by atoms with Crippen LogP contribution in [0.3, 0.4) is 0 Å². The number of amides is 1. The predicted octanol–water partition coefficient (Wildman–Crippen LogP) is -0.796. The molecule has 0 aromatic carbocycles. The molecule has 0 saturated heterocycles. The van der Waals surface area contributed by atoms with Crippen LogP contribution >= 0.6 is 0 Å². The van der Waals surface area contributed by atoms with Crippen molar-refractivity contribution in [3.8, 4) is 0 Å². The Bertz CT molecular complexity index is 311. The third-order valence-corrected chi connectivity index (χ3v) is 1.52. The van der Waals surface area contributed by atoms with E-state index < -0.39 is 0 Å². The average Bonchev–Trinajstić information content (AvgIpc) is 2.50. The number of hydrogen-bond donors (Lipinski definition) is 3. The smallest absolute Gasteiger partial charge is 0.315 e. The Morgan fingerprint density at radius 1 is 1.64 bits per heavy atom. The lowest BCUT2D eigenvalue weighted by Gasteiger charge is -2.08. The van der Waals surface area contributed by atoms with Crippen molar-refractivity contribution in [2.45, 2.75) is 25.9 Å². The molecule has 0 fully saturated rings. The summed E-state index contributed by atoms with van der Waals surface area (Å²) < 4.78 is 5.07. The van der Waals surface area contributed by atoms with Crippen molar-refractivity contribution < 1.29 is 9.21 Å². The molecule has 78 valence electrons. The summed E-state index contributed by atoms with van der Waals surface area (Å²) in [6.07, 6.45) is 0.209. The fourth-order valence-corrected chi connectivity index (χ4v) is 0.958. The van der Waals surface area contributed by atoms with Gasteiger partial charge in [-0.25, -0.2) is 0 Å². The molecular formula is C7H13N5O2. The second-order valence-electron chi connectivity index (χ2n) is 2.92. The highest BCUT2D eigenvalue weighted by molar-refractivity contribution is 5.74. The summed E-state index contributed by atoms with van der Waals surface area (Å²) in [6, 6.07) is 0.109. The van der Waals surface area contributed by atoms with Crippen LogP contribution in [0.1, 0.15) is 19.2 Å². The molecular weight excluding hydrogens is 186 g/mol. The molecule has 1 aromatic heterocycles. The molecule has 14 heavy (non-hydrogen) atoms. The van der Waals surface area contributed by atoms with Gasteiger partial charge in [0.25, 0.3) is 0 Å². The number of nitrogens with one attached hydrogen (secondary N) is 1. The Labute approximate surface area is 80.8 Å². The Balaban J connectivity index is 2.47. The Hall–Kier alpha value is -1.63. The van der Waals surface area contributed by atoms with Gasteiger partial charge in [0, 0.05) is 12.5 Å². The maximum absolute atomic E-state index is 10.6. The number of carbonyl (C=O) groups excluding carboxylic acids is 1. The van der Waals surface area contributed by atoms with Gasteiger partial charge >= 0.3 is 6.01 Å². The van der Waals surface area contributed by atoms with Crippen LogP contribution in [0.25, 0.3) is 0 Å². The fraction of sp³-hybridized carbons (Fsp3) is 0.571. The van der Waals surface area contributed by atoms with E-state index in [-0.39, 0.29) is 30.9 Å². The first-order valence-corrected chi connectivity index (χ1v) is 4.19. The molecule has 1 amide bonds. The maximum atomic E-state index is 10.6. The summed E-state index contributed by atoms with van der Waals surface area (Å²) in [6.45, 7) is 1.98. The number of nitrogens with zero attached hydrogens (tertiary/aromatic N) is 2. The first-order chi connectivity index (χ1) is 6.61. The van der Waals surface area contributed by atoms with Gasteiger partial charge in [-0.15, -0.1) is 5.10 Å². The van der Waals surface area contributed by atoms with Crippen LogP contribution in [-0.4, -0.2) is 22.1 Å². The van der Waals surface area contributed by atoms with Crippen molar-refractivity contribution in [3.63, 3.8) is 0 Å². The van der Waals surface area contributed by atoms with Gasteiger partial charge < -0.3 is 21.2 Å². The quantitative estimate of drug-likeness (QED) is 0.571. The second-order valence-corrected chi connectivity index (χ2v) is 2.92. The van der Waals surface area contributed by atoms with E-state index in [0.29, 0.717) is 5.89 Å². The average molecular weight is 199 g/mol. The molecule has 0 spiro atoms. The zero-order valence-electron chi connectivity index (χ0n) is 7.86. The minimum absolute atomic E-state index is 0.140. The number of rotatable bonds is 5. The molecule has 0 aliphatic heterocycles. The van der Waals surface area contributed by atoms with Crippen molar-refractivity contribution in [1.29, 1.82) is 0 Å². The summed E-state index contributed by atoms with van der Waals surface area (Å²) in [4.78, 5) is 10.6. The molecule has 1 atom stereocenters. The largest absolute Gasteiger partial charge is 0.407 e. The number of aromatic nitrogens is 2. The van der Waals surface area contributed by atoms with E-state index in [9.17, 15) is 4.79 Å². The molecule has 1 heterocycles. The molecule has 7 heteroatoms. The van der Waals surface area contributed by atoms with Gasteiger partial charge in [0.05, 0.1) is 6.54 Å².